The Morgan fingerprint density at radius 3 is 2.30 bits per heavy atom. The van der Waals surface area contributed by atoms with Gasteiger partial charge in [-0.05, 0) is 0 Å². The third-order valence-corrected chi connectivity index (χ3v) is 3.01. The SMILES string of the molecule is O=C1O[C@@H]2CS(=O)C[C@H]2O1. The maximum Gasteiger partial charge on any atom is 0.509 e. The van der Waals surface area contributed by atoms with E-state index in [4.69, 9.17) is 9.47 Å². The van der Waals surface area contributed by atoms with Crippen molar-refractivity contribution in [3.05, 3.63) is 0 Å². The van der Waals surface area contributed by atoms with Crippen molar-refractivity contribution in [1.82, 2.24) is 0 Å². The molecule has 2 saturated heterocycles. The van der Waals surface area contributed by atoms with Crippen LogP contribution in [0.1, 0.15) is 0 Å². The van der Waals surface area contributed by atoms with Crippen LogP contribution in [-0.4, -0.2) is 34.1 Å². The average molecular weight is 162 g/mol. The molecule has 0 radical (unpaired) electrons. The zero-order valence-electron chi connectivity index (χ0n) is 5.11. The van der Waals surface area contributed by atoms with Gasteiger partial charge in [-0.1, -0.05) is 0 Å². The second-order valence-corrected chi connectivity index (χ2v) is 3.88. The van der Waals surface area contributed by atoms with Gasteiger partial charge in [0.2, 0.25) is 0 Å². The molecule has 0 unspecified atom stereocenters. The van der Waals surface area contributed by atoms with Crippen molar-refractivity contribution in [3.8, 4) is 0 Å². The Hall–Kier alpha value is -0.580. The van der Waals surface area contributed by atoms with Gasteiger partial charge < -0.3 is 9.47 Å². The molecule has 2 rings (SSSR count). The number of carbonyl (C=O) groups excluding carboxylic acids is 1. The van der Waals surface area contributed by atoms with Crippen LogP contribution in [0.4, 0.5) is 4.79 Å². The number of ether oxygens (including phenoxy) is 2. The first kappa shape index (κ1) is 6.15. The Labute approximate surface area is 60.0 Å². The molecule has 0 amide bonds. The van der Waals surface area contributed by atoms with Crippen molar-refractivity contribution in [2.75, 3.05) is 11.5 Å². The van der Waals surface area contributed by atoms with Gasteiger partial charge >= 0.3 is 6.16 Å². The molecule has 0 aromatic heterocycles. The highest BCUT2D eigenvalue weighted by Crippen LogP contribution is 2.22. The molecule has 2 fully saturated rings. The molecule has 0 spiro atoms. The summed E-state index contributed by atoms with van der Waals surface area (Å²) >= 11 is 0. The molecule has 10 heavy (non-hydrogen) atoms. The standard InChI is InChI=1S/C5H6O4S/c6-5-8-3-1-10(7)2-4(3)9-5/h3-4H,1-2H2/t3-,4-/m1/s1. The van der Waals surface area contributed by atoms with E-state index >= 15 is 0 Å². The maximum atomic E-state index is 10.8. The third kappa shape index (κ3) is 0.811. The summed E-state index contributed by atoms with van der Waals surface area (Å²) in [6.07, 6.45) is -1.10. The van der Waals surface area contributed by atoms with E-state index in [0.29, 0.717) is 11.5 Å². The van der Waals surface area contributed by atoms with Gasteiger partial charge in [0.05, 0.1) is 11.5 Å². The average Bonchev–Trinajstić information content (AvgIpc) is 2.21. The molecule has 0 aliphatic carbocycles. The van der Waals surface area contributed by atoms with Gasteiger partial charge in [-0.2, -0.15) is 0 Å². The third-order valence-electron chi connectivity index (χ3n) is 1.61. The number of hydrogen-bond donors (Lipinski definition) is 0. The number of carbonyl (C=O) groups is 1. The van der Waals surface area contributed by atoms with E-state index < -0.39 is 17.0 Å². The zero-order chi connectivity index (χ0) is 7.14. The van der Waals surface area contributed by atoms with E-state index in [9.17, 15) is 9.00 Å². The van der Waals surface area contributed by atoms with Gasteiger partial charge in [0.15, 0.2) is 12.2 Å². The zero-order valence-corrected chi connectivity index (χ0v) is 5.93. The molecule has 2 heterocycles. The monoisotopic (exact) mass is 162 g/mol. The molecule has 2 atom stereocenters. The number of hydrogen-bond acceptors (Lipinski definition) is 4. The summed E-state index contributed by atoms with van der Waals surface area (Å²) in [7, 11) is -0.849. The fourth-order valence-electron chi connectivity index (χ4n) is 1.14. The summed E-state index contributed by atoms with van der Waals surface area (Å²) in [5, 5.41) is 0. The van der Waals surface area contributed by atoms with E-state index in [0.717, 1.165) is 0 Å². The smallest absolute Gasteiger partial charge is 0.426 e. The van der Waals surface area contributed by atoms with Crippen molar-refractivity contribution >= 4 is 17.0 Å². The van der Waals surface area contributed by atoms with Gasteiger partial charge in [-0.3, -0.25) is 4.21 Å². The van der Waals surface area contributed by atoms with Gasteiger partial charge in [-0.25, -0.2) is 4.79 Å². The van der Waals surface area contributed by atoms with E-state index in [1.165, 1.54) is 0 Å². The first-order chi connectivity index (χ1) is 4.75. The molecule has 0 aromatic rings. The van der Waals surface area contributed by atoms with Gasteiger partial charge in [-0.15, -0.1) is 0 Å². The summed E-state index contributed by atoms with van der Waals surface area (Å²) < 4.78 is 20.2. The lowest BCUT2D eigenvalue weighted by Crippen LogP contribution is -2.18. The molecular weight excluding hydrogens is 156 g/mol. The van der Waals surface area contributed by atoms with Crippen LogP contribution in [0.2, 0.25) is 0 Å². The Morgan fingerprint density at radius 1 is 1.30 bits per heavy atom. The summed E-state index contributed by atoms with van der Waals surface area (Å²) in [5.74, 6) is 0.882. The number of fused-ring (bicyclic) bond motifs is 1. The Balaban J connectivity index is 2.12. The fraction of sp³-hybridized carbons (Fsp3) is 0.800. The normalized spacial score (nSPS) is 39.0. The highest BCUT2D eigenvalue weighted by Gasteiger charge is 2.43. The van der Waals surface area contributed by atoms with Gasteiger partial charge in [0.25, 0.3) is 0 Å². The van der Waals surface area contributed by atoms with Crippen LogP contribution in [0.3, 0.4) is 0 Å². The van der Waals surface area contributed by atoms with E-state index in [-0.39, 0.29) is 12.2 Å². The van der Waals surface area contributed by atoms with Crippen molar-refractivity contribution in [2.24, 2.45) is 0 Å². The Morgan fingerprint density at radius 2 is 1.80 bits per heavy atom. The summed E-state index contributed by atoms with van der Waals surface area (Å²) in [6.45, 7) is 0. The summed E-state index contributed by atoms with van der Waals surface area (Å²) in [5.41, 5.74) is 0. The van der Waals surface area contributed by atoms with Crippen LogP contribution >= 0.6 is 0 Å². The molecule has 2 aliphatic heterocycles. The van der Waals surface area contributed by atoms with Crippen LogP contribution in [0, 0.1) is 0 Å². The molecule has 0 bridgehead atoms. The van der Waals surface area contributed by atoms with Crippen molar-refractivity contribution in [1.29, 1.82) is 0 Å². The molecular formula is C5H6O4S. The van der Waals surface area contributed by atoms with Crippen molar-refractivity contribution in [2.45, 2.75) is 12.2 Å². The fourth-order valence-corrected chi connectivity index (χ4v) is 2.58. The molecule has 0 aromatic carbocycles. The topological polar surface area (TPSA) is 52.6 Å². The largest absolute Gasteiger partial charge is 0.509 e. The van der Waals surface area contributed by atoms with E-state index in [1.807, 2.05) is 0 Å². The summed E-state index contributed by atoms with van der Waals surface area (Å²) in [4.78, 5) is 10.4. The highest BCUT2D eigenvalue weighted by atomic mass is 32.2. The van der Waals surface area contributed by atoms with Gasteiger partial charge in [0, 0.05) is 10.8 Å². The minimum absolute atomic E-state index is 0.242. The molecule has 5 heteroatoms. The van der Waals surface area contributed by atoms with Crippen LogP contribution in [0.5, 0.6) is 0 Å². The molecule has 0 saturated carbocycles. The lowest BCUT2D eigenvalue weighted by atomic mass is 10.3. The predicted molar refractivity (Wildman–Crippen MR) is 33.0 cm³/mol. The molecule has 4 nitrogen and oxygen atoms in total. The molecule has 56 valence electrons. The van der Waals surface area contributed by atoms with E-state index in [2.05, 4.69) is 0 Å². The van der Waals surface area contributed by atoms with Crippen LogP contribution < -0.4 is 0 Å². The second kappa shape index (κ2) is 1.95. The van der Waals surface area contributed by atoms with Gasteiger partial charge in [0.1, 0.15) is 0 Å². The predicted octanol–water partition coefficient (Wildman–Crippen LogP) is -0.347. The lowest BCUT2D eigenvalue weighted by Gasteiger charge is -1.98. The Kier molecular flexibility index (Phi) is 1.20. The first-order valence-corrected chi connectivity index (χ1v) is 4.47. The number of rotatable bonds is 0. The first-order valence-electron chi connectivity index (χ1n) is 2.98. The van der Waals surface area contributed by atoms with Crippen LogP contribution in [0.25, 0.3) is 0 Å². The minimum atomic E-state index is -0.849. The van der Waals surface area contributed by atoms with E-state index in [1.54, 1.807) is 0 Å². The van der Waals surface area contributed by atoms with Crippen molar-refractivity contribution < 1.29 is 18.5 Å². The Bertz CT molecular complexity index is 164. The quantitative estimate of drug-likeness (QED) is 0.457. The van der Waals surface area contributed by atoms with Crippen molar-refractivity contribution in [3.63, 3.8) is 0 Å². The van der Waals surface area contributed by atoms with Crippen LogP contribution in [0.15, 0.2) is 0 Å². The highest BCUT2D eigenvalue weighted by molar-refractivity contribution is 7.85. The lowest BCUT2D eigenvalue weighted by molar-refractivity contribution is 0.118. The molecule has 2 aliphatic rings. The second-order valence-electron chi connectivity index (χ2n) is 2.34. The summed E-state index contributed by atoms with van der Waals surface area (Å²) in [6, 6.07) is 0. The minimum Gasteiger partial charge on any atom is -0.426 e. The maximum absolute atomic E-state index is 10.8. The van der Waals surface area contributed by atoms with Crippen LogP contribution in [-0.2, 0) is 20.3 Å². The molecule has 0 N–H and O–H groups in total.